The molecule has 0 saturated carbocycles. The third-order valence-electron chi connectivity index (χ3n) is 3.97. The van der Waals surface area contributed by atoms with Crippen LogP contribution in [0.4, 0.5) is 10.7 Å². The monoisotopic (exact) mass is 382 g/mol. The molecule has 1 aliphatic heterocycles. The molecule has 1 aromatic carbocycles. The lowest BCUT2D eigenvalue weighted by molar-refractivity contribution is 0.104. The fourth-order valence-corrected chi connectivity index (χ4v) is 5.22. The topological polar surface area (TPSA) is 66.5 Å². The number of benzene rings is 1. The van der Waals surface area contributed by atoms with Gasteiger partial charge >= 0.3 is 0 Å². The van der Waals surface area contributed by atoms with E-state index in [1.807, 2.05) is 13.8 Å². The number of ketones is 1. The van der Waals surface area contributed by atoms with Crippen molar-refractivity contribution in [1.82, 2.24) is 0 Å². The van der Waals surface area contributed by atoms with Gasteiger partial charge in [0.15, 0.2) is 4.91 Å². The van der Waals surface area contributed by atoms with Crippen molar-refractivity contribution < 1.29 is 13.2 Å². The van der Waals surface area contributed by atoms with E-state index in [1.54, 1.807) is 24.3 Å². The Morgan fingerprint density at radius 2 is 1.92 bits per heavy atom. The van der Waals surface area contributed by atoms with Gasteiger partial charge in [-0.2, -0.15) is 0 Å². The first-order valence-electron chi connectivity index (χ1n) is 7.10. The molecular formula is C16H15ClN2O3S2. The van der Waals surface area contributed by atoms with E-state index in [0.717, 1.165) is 14.7 Å². The number of para-hydroxylation sites is 1. The number of allylic oxidation sites excluding steroid dienone is 1. The predicted molar refractivity (Wildman–Crippen MR) is 98.6 cm³/mol. The standard InChI is InChI=1S/C16H15ClN2O3S2/c1-9-10(2)23-16-14(9)15(20)13(24(21,22)19(16)3)8-18-12-7-5-4-6-11(12)17/h4-8,18H,1-3H3/b13-8+. The van der Waals surface area contributed by atoms with Gasteiger partial charge < -0.3 is 5.32 Å². The molecule has 0 bridgehead atoms. The molecule has 24 heavy (non-hydrogen) atoms. The number of thiophene rings is 1. The first-order chi connectivity index (χ1) is 11.2. The number of nitrogens with one attached hydrogen (secondary N) is 1. The van der Waals surface area contributed by atoms with Crippen LogP contribution in [-0.2, 0) is 10.0 Å². The Morgan fingerprint density at radius 1 is 1.25 bits per heavy atom. The Kier molecular flexibility index (Phi) is 4.19. The number of carbonyl (C=O) groups excluding carboxylic acids is 1. The maximum atomic E-state index is 12.8. The number of halogens is 1. The van der Waals surface area contributed by atoms with Crippen LogP contribution in [0.25, 0.3) is 0 Å². The van der Waals surface area contributed by atoms with Crippen molar-refractivity contribution in [2.45, 2.75) is 13.8 Å². The van der Waals surface area contributed by atoms with E-state index in [1.165, 1.54) is 24.6 Å². The second-order valence-corrected chi connectivity index (χ2v) is 8.95. The van der Waals surface area contributed by atoms with Crippen LogP contribution >= 0.6 is 22.9 Å². The Morgan fingerprint density at radius 3 is 2.58 bits per heavy atom. The minimum atomic E-state index is -3.90. The van der Waals surface area contributed by atoms with E-state index < -0.39 is 15.8 Å². The van der Waals surface area contributed by atoms with Gasteiger partial charge in [-0.15, -0.1) is 11.3 Å². The minimum Gasteiger partial charge on any atom is -0.359 e. The number of anilines is 2. The van der Waals surface area contributed by atoms with Crippen LogP contribution in [0.1, 0.15) is 20.8 Å². The number of nitrogens with zero attached hydrogens (tertiary/aromatic N) is 1. The van der Waals surface area contributed by atoms with Gasteiger partial charge in [-0.3, -0.25) is 9.10 Å². The van der Waals surface area contributed by atoms with Gasteiger partial charge in [0.1, 0.15) is 5.00 Å². The lowest BCUT2D eigenvalue weighted by atomic mass is 10.1. The molecule has 8 heteroatoms. The molecule has 1 aliphatic rings. The highest BCUT2D eigenvalue weighted by molar-refractivity contribution is 7.98. The van der Waals surface area contributed by atoms with Gasteiger partial charge in [0.2, 0.25) is 5.78 Å². The summed E-state index contributed by atoms with van der Waals surface area (Å²) < 4.78 is 26.5. The Labute approximate surface area is 149 Å². The Bertz CT molecular complexity index is 977. The van der Waals surface area contributed by atoms with Crippen molar-refractivity contribution in [1.29, 1.82) is 0 Å². The fraction of sp³-hybridized carbons (Fsp3) is 0.188. The summed E-state index contributed by atoms with van der Waals surface area (Å²) in [7, 11) is -2.44. The van der Waals surface area contributed by atoms with Gasteiger partial charge in [-0.25, -0.2) is 8.42 Å². The van der Waals surface area contributed by atoms with Crippen LogP contribution in [0, 0.1) is 13.8 Å². The van der Waals surface area contributed by atoms with E-state index in [9.17, 15) is 13.2 Å². The number of aryl methyl sites for hydroxylation is 1. The van der Waals surface area contributed by atoms with Crippen molar-refractivity contribution in [2.75, 3.05) is 16.7 Å². The average Bonchev–Trinajstić information content (AvgIpc) is 2.82. The second-order valence-electron chi connectivity index (χ2n) is 5.40. The Hall–Kier alpha value is -1.83. The van der Waals surface area contributed by atoms with Crippen LogP contribution in [0.5, 0.6) is 0 Å². The summed E-state index contributed by atoms with van der Waals surface area (Å²) in [4.78, 5) is 13.4. The number of carbonyl (C=O) groups is 1. The molecule has 0 saturated heterocycles. The lowest BCUT2D eigenvalue weighted by Crippen LogP contribution is -2.36. The first kappa shape index (κ1) is 17.0. The number of hydrogen-bond donors (Lipinski definition) is 1. The SMILES string of the molecule is Cc1sc2c(c1C)C(=O)/C(=C\Nc1ccccc1Cl)S(=O)(=O)N2C. The fourth-order valence-electron chi connectivity index (χ4n) is 2.46. The number of Topliss-reactive ketones (excluding diaryl/α,β-unsaturated/α-hetero) is 1. The van der Waals surface area contributed by atoms with Gasteiger partial charge in [-0.05, 0) is 31.5 Å². The molecular weight excluding hydrogens is 368 g/mol. The average molecular weight is 383 g/mol. The van der Waals surface area contributed by atoms with Crippen LogP contribution < -0.4 is 9.62 Å². The zero-order valence-corrected chi connectivity index (χ0v) is 15.6. The highest BCUT2D eigenvalue weighted by Gasteiger charge is 2.41. The van der Waals surface area contributed by atoms with Crippen molar-refractivity contribution in [3.8, 4) is 0 Å². The number of hydrogen-bond acceptors (Lipinski definition) is 5. The predicted octanol–water partition coefficient (Wildman–Crippen LogP) is 3.93. The van der Waals surface area contributed by atoms with E-state index in [0.29, 0.717) is 21.3 Å². The molecule has 0 atom stereocenters. The molecule has 3 rings (SSSR count). The van der Waals surface area contributed by atoms with Crippen LogP contribution in [-0.4, -0.2) is 21.2 Å². The molecule has 2 heterocycles. The van der Waals surface area contributed by atoms with Gasteiger partial charge in [0.25, 0.3) is 10.0 Å². The molecule has 0 spiro atoms. The number of fused-ring (bicyclic) bond motifs is 1. The van der Waals surface area contributed by atoms with E-state index in [2.05, 4.69) is 5.32 Å². The maximum absolute atomic E-state index is 12.8. The third-order valence-corrected chi connectivity index (χ3v) is 7.47. The van der Waals surface area contributed by atoms with Crippen molar-refractivity contribution in [2.24, 2.45) is 0 Å². The van der Waals surface area contributed by atoms with E-state index >= 15 is 0 Å². The summed E-state index contributed by atoms with van der Waals surface area (Å²) >= 11 is 7.36. The van der Waals surface area contributed by atoms with Crippen molar-refractivity contribution >= 4 is 49.4 Å². The summed E-state index contributed by atoms with van der Waals surface area (Å²) in [5.74, 6) is -0.496. The quantitative estimate of drug-likeness (QED) is 0.799. The van der Waals surface area contributed by atoms with Crippen molar-refractivity contribution in [3.05, 3.63) is 56.4 Å². The maximum Gasteiger partial charge on any atom is 0.270 e. The Balaban J connectivity index is 2.11. The van der Waals surface area contributed by atoms with Crippen LogP contribution in [0.3, 0.4) is 0 Å². The summed E-state index contributed by atoms with van der Waals surface area (Å²) in [5, 5.41) is 3.73. The normalized spacial score (nSPS) is 17.9. The van der Waals surface area contributed by atoms with Gasteiger partial charge in [0, 0.05) is 18.1 Å². The molecule has 0 amide bonds. The highest BCUT2D eigenvalue weighted by atomic mass is 35.5. The molecule has 1 aromatic heterocycles. The number of sulfonamides is 1. The van der Waals surface area contributed by atoms with Gasteiger partial charge in [0.05, 0.1) is 16.3 Å². The smallest absolute Gasteiger partial charge is 0.270 e. The second kappa shape index (κ2) is 5.91. The molecule has 1 N–H and O–H groups in total. The highest BCUT2D eigenvalue weighted by Crippen LogP contribution is 2.42. The van der Waals surface area contributed by atoms with Crippen LogP contribution in [0.2, 0.25) is 5.02 Å². The summed E-state index contributed by atoms with van der Waals surface area (Å²) in [6.07, 6.45) is 1.21. The zero-order valence-electron chi connectivity index (χ0n) is 13.3. The zero-order chi connectivity index (χ0) is 17.6. The van der Waals surface area contributed by atoms with E-state index in [-0.39, 0.29) is 4.91 Å². The van der Waals surface area contributed by atoms with Gasteiger partial charge in [-0.1, -0.05) is 23.7 Å². The molecule has 0 fully saturated rings. The molecule has 5 nitrogen and oxygen atoms in total. The summed E-state index contributed by atoms with van der Waals surface area (Å²) in [6.45, 7) is 3.70. The van der Waals surface area contributed by atoms with E-state index in [4.69, 9.17) is 11.6 Å². The van der Waals surface area contributed by atoms with Crippen LogP contribution in [0.15, 0.2) is 35.4 Å². The largest absolute Gasteiger partial charge is 0.359 e. The molecule has 126 valence electrons. The first-order valence-corrected chi connectivity index (χ1v) is 9.73. The molecule has 2 aromatic rings. The minimum absolute atomic E-state index is 0.293. The summed E-state index contributed by atoms with van der Waals surface area (Å²) in [5.41, 5.74) is 1.79. The third kappa shape index (κ3) is 2.53. The van der Waals surface area contributed by atoms with Crippen molar-refractivity contribution in [3.63, 3.8) is 0 Å². The lowest BCUT2D eigenvalue weighted by Gasteiger charge is -2.25. The number of rotatable bonds is 2. The molecule has 0 unspecified atom stereocenters. The molecule has 0 radical (unpaired) electrons. The summed E-state index contributed by atoms with van der Waals surface area (Å²) in [6, 6.07) is 6.91. The molecule has 0 aliphatic carbocycles.